The number of anilines is 2. The molecule has 2 N–H and O–H groups in total. The topological polar surface area (TPSA) is 41.1 Å². The summed E-state index contributed by atoms with van der Waals surface area (Å²) in [5, 5.41) is 5.98. The third-order valence-electron chi connectivity index (χ3n) is 3.07. The van der Waals surface area contributed by atoms with Crippen LogP contribution >= 0.6 is 12.2 Å². The lowest BCUT2D eigenvalue weighted by atomic mass is 10.3. The first-order valence-corrected chi connectivity index (χ1v) is 8.76. The monoisotopic (exact) mass is 342 g/mol. The van der Waals surface area contributed by atoms with E-state index in [4.69, 9.17) is 12.2 Å². The van der Waals surface area contributed by atoms with E-state index in [0.29, 0.717) is 6.42 Å². The SMILES string of the molecule is CCCC(=O)Nc1ccccc1.CCCC(=S)Nc1ccccc1. The summed E-state index contributed by atoms with van der Waals surface area (Å²) in [6.45, 7) is 4.11. The van der Waals surface area contributed by atoms with Gasteiger partial charge in [0.1, 0.15) is 0 Å². The van der Waals surface area contributed by atoms with Crippen molar-refractivity contribution in [2.24, 2.45) is 0 Å². The Morgan fingerprint density at radius 3 is 1.71 bits per heavy atom. The lowest BCUT2D eigenvalue weighted by molar-refractivity contribution is -0.116. The summed E-state index contributed by atoms with van der Waals surface area (Å²) in [6, 6.07) is 19.5. The van der Waals surface area contributed by atoms with Crippen LogP contribution in [0.25, 0.3) is 0 Å². The van der Waals surface area contributed by atoms with Crippen molar-refractivity contribution < 1.29 is 4.79 Å². The van der Waals surface area contributed by atoms with E-state index in [9.17, 15) is 4.79 Å². The first-order valence-electron chi connectivity index (χ1n) is 8.35. The summed E-state index contributed by atoms with van der Waals surface area (Å²) in [7, 11) is 0. The molecule has 0 heterocycles. The Labute approximate surface area is 150 Å². The lowest BCUT2D eigenvalue weighted by Gasteiger charge is -2.05. The predicted molar refractivity (Wildman–Crippen MR) is 108 cm³/mol. The van der Waals surface area contributed by atoms with Crippen LogP contribution in [0.4, 0.5) is 11.4 Å². The maximum atomic E-state index is 11.1. The van der Waals surface area contributed by atoms with Gasteiger partial charge in [-0.1, -0.05) is 62.5 Å². The number of rotatable bonds is 6. The minimum Gasteiger partial charge on any atom is -0.350 e. The van der Waals surface area contributed by atoms with E-state index >= 15 is 0 Å². The van der Waals surface area contributed by atoms with Gasteiger partial charge in [0.05, 0.1) is 4.99 Å². The highest BCUT2D eigenvalue weighted by atomic mass is 32.1. The second-order valence-corrected chi connectivity index (χ2v) is 5.82. The van der Waals surface area contributed by atoms with Crippen LogP contribution in [-0.4, -0.2) is 10.9 Å². The van der Waals surface area contributed by atoms with Gasteiger partial charge < -0.3 is 10.6 Å². The molecule has 3 nitrogen and oxygen atoms in total. The Morgan fingerprint density at radius 1 is 0.792 bits per heavy atom. The number of para-hydroxylation sites is 2. The Hall–Kier alpha value is -2.20. The number of nitrogens with one attached hydrogen (secondary N) is 2. The van der Waals surface area contributed by atoms with Crippen molar-refractivity contribution in [2.75, 3.05) is 10.6 Å². The number of carbonyl (C=O) groups excluding carboxylic acids is 1. The third kappa shape index (κ3) is 9.06. The van der Waals surface area contributed by atoms with Crippen molar-refractivity contribution in [2.45, 2.75) is 39.5 Å². The zero-order valence-corrected chi connectivity index (χ0v) is 15.2. The molecule has 128 valence electrons. The van der Waals surface area contributed by atoms with Gasteiger partial charge in [-0.05, 0) is 43.5 Å². The molecule has 0 fully saturated rings. The molecule has 4 heteroatoms. The fraction of sp³-hybridized carbons (Fsp3) is 0.300. The van der Waals surface area contributed by atoms with Gasteiger partial charge in [0, 0.05) is 17.8 Å². The zero-order valence-electron chi connectivity index (χ0n) is 14.4. The number of hydrogen-bond acceptors (Lipinski definition) is 2. The van der Waals surface area contributed by atoms with Crippen LogP contribution in [0, 0.1) is 0 Å². The highest BCUT2D eigenvalue weighted by molar-refractivity contribution is 7.80. The highest BCUT2D eigenvalue weighted by Crippen LogP contribution is 2.07. The smallest absolute Gasteiger partial charge is 0.224 e. The predicted octanol–water partition coefficient (Wildman–Crippen LogP) is 5.65. The number of benzene rings is 2. The Kier molecular flexibility index (Phi) is 10.1. The van der Waals surface area contributed by atoms with Crippen LogP contribution in [0.3, 0.4) is 0 Å². The first kappa shape index (κ1) is 19.8. The van der Waals surface area contributed by atoms with Gasteiger partial charge in [0.25, 0.3) is 0 Å². The van der Waals surface area contributed by atoms with Crippen LogP contribution < -0.4 is 10.6 Å². The van der Waals surface area contributed by atoms with E-state index < -0.39 is 0 Å². The standard InChI is InChI=1S/C10H13NO.C10H13NS/c2*1-2-6-10(12)11-9-7-4-3-5-8-9/h2*3-5,7-8H,2,6H2,1H3,(H,11,12). The summed E-state index contributed by atoms with van der Waals surface area (Å²) in [5.41, 5.74) is 1.95. The molecule has 2 aromatic carbocycles. The molecule has 0 saturated heterocycles. The molecule has 0 radical (unpaired) electrons. The van der Waals surface area contributed by atoms with E-state index in [2.05, 4.69) is 17.6 Å². The van der Waals surface area contributed by atoms with Gasteiger partial charge in [-0.2, -0.15) is 0 Å². The molecule has 1 amide bonds. The molecule has 0 bridgehead atoms. The summed E-state index contributed by atoms with van der Waals surface area (Å²) in [6.07, 6.45) is 3.54. The Balaban J connectivity index is 0.000000240. The van der Waals surface area contributed by atoms with Crippen molar-refractivity contribution in [1.29, 1.82) is 0 Å². The summed E-state index contributed by atoms with van der Waals surface area (Å²) in [5.74, 6) is 0.0868. The summed E-state index contributed by atoms with van der Waals surface area (Å²) in [4.78, 5) is 12.0. The summed E-state index contributed by atoms with van der Waals surface area (Å²) < 4.78 is 0. The molecule has 24 heavy (non-hydrogen) atoms. The fourth-order valence-electron chi connectivity index (χ4n) is 1.94. The molecule has 0 unspecified atom stereocenters. The van der Waals surface area contributed by atoms with Crippen molar-refractivity contribution in [3.8, 4) is 0 Å². The van der Waals surface area contributed by atoms with Gasteiger partial charge >= 0.3 is 0 Å². The Morgan fingerprint density at radius 2 is 1.25 bits per heavy atom. The highest BCUT2D eigenvalue weighted by Gasteiger charge is 1.98. The van der Waals surface area contributed by atoms with E-state index in [1.807, 2.05) is 67.6 Å². The fourth-order valence-corrected chi connectivity index (χ4v) is 2.27. The number of carbonyl (C=O) groups is 1. The average Bonchev–Trinajstić information content (AvgIpc) is 2.58. The Bertz CT molecular complexity index is 544. The summed E-state index contributed by atoms with van der Waals surface area (Å²) >= 11 is 5.12. The quantitative estimate of drug-likeness (QED) is 0.666. The number of amides is 1. The minimum absolute atomic E-state index is 0.0868. The lowest BCUT2D eigenvalue weighted by Crippen LogP contribution is -2.10. The van der Waals surface area contributed by atoms with Crippen molar-refractivity contribution in [1.82, 2.24) is 0 Å². The number of thiocarbonyl (C=S) groups is 1. The molecule has 0 aromatic heterocycles. The van der Waals surface area contributed by atoms with Gasteiger partial charge in [-0.25, -0.2) is 0 Å². The molecule has 0 aliphatic carbocycles. The molecular weight excluding hydrogens is 316 g/mol. The van der Waals surface area contributed by atoms with E-state index in [-0.39, 0.29) is 5.91 Å². The van der Waals surface area contributed by atoms with Gasteiger partial charge in [0.2, 0.25) is 5.91 Å². The van der Waals surface area contributed by atoms with E-state index in [1.54, 1.807) is 0 Å². The van der Waals surface area contributed by atoms with Crippen LogP contribution in [0.1, 0.15) is 39.5 Å². The molecular formula is C20H26N2OS. The van der Waals surface area contributed by atoms with Gasteiger partial charge in [0.15, 0.2) is 0 Å². The van der Waals surface area contributed by atoms with E-state index in [0.717, 1.165) is 35.6 Å². The number of hydrogen-bond donors (Lipinski definition) is 2. The molecule has 0 spiro atoms. The molecule has 0 aliphatic heterocycles. The van der Waals surface area contributed by atoms with Crippen LogP contribution in [0.15, 0.2) is 60.7 Å². The van der Waals surface area contributed by atoms with Gasteiger partial charge in [-0.3, -0.25) is 4.79 Å². The minimum atomic E-state index is 0.0868. The van der Waals surface area contributed by atoms with Crippen molar-refractivity contribution in [3.05, 3.63) is 60.7 Å². The normalized spacial score (nSPS) is 9.42. The average molecular weight is 343 g/mol. The zero-order chi connectivity index (χ0) is 17.6. The molecule has 0 saturated carbocycles. The maximum Gasteiger partial charge on any atom is 0.224 e. The second kappa shape index (κ2) is 12.3. The molecule has 2 rings (SSSR count). The van der Waals surface area contributed by atoms with Crippen molar-refractivity contribution >= 4 is 34.5 Å². The van der Waals surface area contributed by atoms with Crippen molar-refractivity contribution in [3.63, 3.8) is 0 Å². The second-order valence-electron chi connectivity index (χ2n) is 5.33. The van der Waals surface area contributed by atoms with Gasteiger partial charge in [-0.15, -0.1) is 0 Å². The molecule has 0 atom stereocenters. The first-order chi connectivity index (χ1) is 11.7. The van der Waals surface area contributed by atoms with Crippen LogP contribution in [0.5, 0.6) is 0 Å². The largest absolute Gasteiger partial charge is 0.350 e. The molecule has 2 aromatic rings. The maximum absolute atomic E-state index is 11.1. The van der Waals surface area contributed by atoms with Crippen LogP contribution in [-0.2, 0) is 4.79 Å². The van der Waals surface area contributed by atoms with E-state index in [1.165, 1.54) is 0 Å². The third-order valence-corrected chi connectivity index (χ3v) is 3.38. The molecule has 0 aliphatic rings. The van der Waals surface area contributed by atoms with Crippen LogP contribution in [0.2, 0.25) is 0 Å².